The molecule has 0 radical (unpaired) electrons. The van der Waals surface area contributed by atoms with E-state index in [1.807, 2.05) is 31.2 Å². The van der Waals surface area contributed by atoms with Crippen molar-refractivity contribution in [2.24, 2.45) is 0 Å². The molecule has 10 nitrogen and oxygen atoms in total. The number of hydrogen-bond acceptors (Lipinski definition) is 6. The molecule has 0 saturated carbocycles. The molecule has 0 aliphatic rings. The van der Waals surface area contributed by atoms with Crippen molar-refractivity contribution in [3.8, 4) is 17.4 Å². The lowest BCUT2D eigenvalue weighted by Crippen LogP contribution is -2.20. The highest BCUT2D eigenvalue weighted by atomic mass is 19.1. The van der Waals surface area contributed by atoms with Gasteiger partial charge in [0.1, 0.15) is 22.8 Å². The molecule has 11 heteroatoms. The zero-order valence-electron chi connectivity index (χ0n) is 19.5. The average molecular weight is 487 g/mol. The van der Waals surface area contributed by atoms with Crippen molar-refractivity contribution in [1.29, 1.82) is 0 Å². The standard InChI is InChI=1S/C25H22FN7O3/c1-3-36-19-10-4-16(5-11-19)13-22(34)28-21-12-15(2)31-33(21)25-29-23-20(24(35)30-25)14-27-32(23)18-8-6-17(26)7-9-18/h4-12,14H,3,13H2,1-2H3,(H,28,34)(H,29,30,35). The van der Waals surface area contributed by atoms with Gasteiger partial charge in [0.15, 0.2) is 5.65 Å². The normalized spacial score (nSPS) is 11.1. The lowest BCUT2D eigenvalue weighted by Gasteiger charge is -2.09. The Bertz CT molecular complexity index is 1600. The van der Waals surface area contributed by atoms with Gasteiger partial charge in [-0.15, -0.1) is 0 Å². The van der Waals surface area contributed by atoms with Crippen LogP contribution in [0.5, 0.6) is 5.75 Å². The van der Waals surface area contributed by atoms with Crippen LogP contribution in [0.4, 0.5) is 10.2 Å². The van der Waals surface area contributed by atoms with Crippen LogP contribution in [0.1, 0.15) is 18.2 Å². The Morgan fingerprint density at radius 2 is 1.86 bits per heavy atom. The second-order valence-electron chi connectivity index (χ2n) is 8.04. The van der Waals surface area contributed by atoms with Crippen molar-refractivity contribution >= 4 is 22.8 Å². The molecule has 2 N–H and O–H groups in total. The van der Waals surface area contributed by atoms with Crippen LogP contribution in [0, 0.1) is 12.7 Å². The van der Waals surface area contributed by atoms with Crippen LogP contribution in [-0.2, 0) is 11.2 Å². The van der Waals surface area contributed by atoms with E-state index in [4.69, 9.17) is 4.74 Å². The number of H-pyrrole nitrogens is 1. The van der Waals surface area contributed by atoms with Crippen LogP contribution in [0.15, 0.2) is 65.6 Å². The Balaban J connectivity index is 1.45. The van der Waals surface area contributed by atoms with Crippen LogP contribution in [0.2, 0.25) is 0 Å². The molecule has 5 aromatic rings. The Labute approximate surface area is 204 Å². The summed E-state index contributed by atoms with van der Waals surface area (Å²) in [5, 5.41) is 11.7. The van der Waals surface area contributed by atoms with E-state index in [-0.39, 0.29) is 35.1 Å². The molecule has 36 heavy (non-hydrogen) atoms. The lowest BCUT2D eigenvalue weighted by molar-refractivity contribution is -0.115. The van der Waals surface area contributed by atoms with E-state index >= 15 is 0 Å². The molecule has 1 amide bonds. The average Bonchev–Trinajstić information content (AvgIpc) is 3.44. The fraction of sp³-hybridized carbons (Fsp3) is 0.160. The summed E-state index contributed by atoms with van der Waals surface area (Å²) in [7, 11) is 0. The predicted octanol–water partition coefficient (Wildman–Crippen LogP) is 3.32. The number of benzene rings is 2. The zero-order chi connectivity index (χ0) is 25.2. The number of aromatic nitrogens is 6. The van der Waals surface area contributed by atoms with E-state index in [0.717, 1.165) is 11.3 Å². The highest BCUT2D eigenvalue weighted by Gasteiger charge is 2.17. The number of carbonyl (C=O) groups excluding carboxylic acids is 1. The number of halogens is 1. The van der Waals surface area contributed by atoms with Gasteiger partial charge in [0.05, 0.1) is 30.6 Å². The van der Waals surface area contributed by atoms with Gasteiger partial charge in [-0.2, -0.15) is 19.9 Å². The molecule has 0 aliphatic carbocycles. The van der Waals surface area contributed by atoms with Crippen LogP contribution < -0.4 is 15.6 Å². The zero-order valence-corrected chi connectivity index (χ0v) is 19.5. The van der Waals surface area contributed by atoms with E-state index < -0.39 is 5.56 Å². The van der Waals surface area contributed by atoms with Gasteiger partial charge in [-0.3, -0.25) is 14.6 Å². The topological polar surface area (TPSA) is 120 Å². The summed E-state index contributed by atoms with van der Waals surface area (Å²) < 4.78 is 21.6. The van der Waals surface area contributed by atoms with Gasteiger partial charge in [-0.1, -0.05) is 12.1 Å². The van der Waals surface area contributed by atoms with Crippen molar-refractivity contribution in [3.63, 3.8) is 0 Å². The molecule has 3 heterocycles. The van der Waals surface area contributed by atoms with Crippen molar-refractivity contribution in [1.82, 2.24) is 29.5 Å². The van der Waals surface area contributed by atoms with Crippen LogP contribution in [-0.4, -0.2) is 42.0 Å². The maximum absolute atomic E-state index is 13.4. The molecule has 0 fully saturated rings. The number of amides is 1. The lowest BCUT2D eigenvalue weighted by atomic mass is 10.1. The number of anilines is 1. The summed E-state index contributed by atoms with van der Waals surface area (Å²) in [6, 6.07) is 14.6. The number of ether oxygens (including phenoxy) is 1. The van der Waals surface area contributed by atoms with Gasteiger partial charge in [0.25, 0.3) is 5.56 Å². The van der Waals surface area contributed by atoms with Crippen LogP contribution >= 0.6 is 0 Å². The largest absolute Gasteiger partial charge is 0.494 e. The van der Waals surface area contributed by atoms with Gasteiger partial charge in [0, 0.05) is 6.07 Å². The maximum Gasteiger partial charge on any atom is 0.263 e. The predicted molar refractivity (Wildman–Crippen MR) is 131 cm³/mol. The number of carbonyl (C=O) groups is 1. The third-order valence-corrected chi connectivity index (χ3v) is 5.40. The molecule has 182 valence electrons. The molecular formula is C25H22FN7O3. The molecule has 0 bridgehead atoms. The fourth-order valence-corrected chi connectivity index (χ4v) is 3.77. The first-order chi connectivity index (χ1) is 17.4. The first kappa shape index (κ1) is 23.0. The van der Waals surface area contributed by atoms with Gasteiger partial charge in [0.2, 0.25) is 11.9 Å². The van der Waals surface area contributed by atoms with Crippen molar-refractivity contribution < 1.29 is 13.9 Å². The number of nitrogens with one attached hydrogen (secondary N) is 2. The number of aromatic amines is 1. The van der Waals surface area contributed by atoms with Crippen molar-refractivity contribution in [3.05, 3.63) is 88.2 Å². The number of aryl methyl sites for hydroxylation is 1. The molecule has 0 atom stereocenters. The number of hydrogen-bond donors (Lipinski definition) is 2. The summed E-state index contributed by atoms with van der Waals surface area (Å²) in [6.45, 7) is 4.23. The Morgan fingerprint density at radius 1 is 1.11 bits per heavy atom. The first-order valence-electron chi connectivity index (χ1n) is 11.2. The quantitative estimate of drug-likeness (QED) is 0.363. The smallest absolute Gasteiger partial charge is 0.263 e. The minimum Gasteiger partial charge on any atom is -0.494 e. The van der Waals surface area contributed by atoms with Gasteiger partial charge in [-0.05, 0) is 55.8 Å². The van der Waals surface area contributed by atoms with Crippen molar-refractivity contribution in [2.45, 2.75) is 20.3 Å². The number of nitrogens with zero attached hydrogens (tertiary/aromatic N) is 5. The Morgan fingerprint density at radius 3 is 2.58 bits per heavy atom. The van der Waals surface area contributed by atoms with E-state index in [9.17, 15) is 14.0 Å². The molecule has 3 aromatic heterocycles. The molecule has 0 unspecified atom stereocenters. The minimum absolute atomic E-state index is 0.0980. The molecular weight excluding hydrogens is 465 g/mol. The number of fused-ring (bicyclic) bond motifs is 1. The highest BCUT2D eigenvalue weighted by molar-refractivity contribution is 5.91. The second kappa shape index (κ2) is 9.45. The van der Waals surface area contributed by atoms with Crippen LogP contribution in [0.25, 0.3) is 22.7 Å². The SMILES string of the molecule is CCOc1ccc(CC(=O)Nc2cc(C)nn2-c2nc3c(cnn3-c3ccc(F)cc3)c(=O)[nH]2)cc1. The van der Waals surface area contributed by atoms with E-state index in [1.165, 1.54) is 39.8 Å². The third-order valence-electron chi connectivity index (χ3n) is 5.40. The Hall–Kier alpha value is -4.80. The van der Waals surface area contributed by atoms with E-state index in [2.05, 4.69) is 25.5 Å². The van der Waals surface area contributed by atoms with E-state index in [1.54, 1.807) is 13.0 Å². The van der Waals surface area contributed by atoms with Crippen LogP contribution in [0.3, 0.4) is 0 Å². The molecule has 0 saturated heterocycles. The third kappa shape index (κ3) is 4.58. The fourth-order valence-electron chi connectivity index (χ4n) is 3.77. The number of rotatable bonds is 7. The van der Waals surface area contributed by atoms with Gasteiger partial charge < -0.3 is 10.1 Å². The highest BCUT2D eigenvalue weighted by Crippen LogP contribution is 2.19. The molecule has 2 aromatic carbocycles. The summed E-state index contributed by atoms with van der Waals surface area (Å²) in [4.78, 5) is 32.8. The minimum atomic E-state index is -0.428. The molecule has 5 rings (SSSR count). The summed E-state index contributed by atoms with van der Waals surface area (Å²) in [6.07, 6.45) is 1.53. The Kier molecular flexibility index (Phi) is 6.03. The van der Waals surface area contributed by atoms with Crippen molar-refractivity contribution in [2.75, 3.05) is 11.9 Å². The molecule has 0 aliphatic heterocycles. The maximum atomic E-state index is 13.4. The van der Waals surface area contributed by atoms with Gasteiger partial charge >= 0.3 is 0 Å². The summed E-state index contributed by atoms with van der Waals surface area (Å²) in [5.74, 6) is 0.528. The monoisotopic (exact) mass is 487 g/mol. The molecule has 0 spiro atoms. The van der Waals surface area contributed by atoms with Gasteiger partial charge in [-0.25, -0.2) is 9.07 Å². The first-order valence-corrected chi connectivity index (χ1v) is 11.2. The second-order valence-corrected chi connectivity index (χ2v) is 8.04. The summed E-state index contributed by atoms with van der Waals surface area (Å²) >= 11 is 0. The van der Waals surface area contributed by atoms with E-state index in [0.29, 0.717) is 23.8 Å². The summed E-state index contributed by atoms with van der Waals surface area (Å²) in [5.41, 5.74) is 1.80.